The number of carbonyl (C=O) groups is 1. The van der Waals surface area contributed by atoms with Gasteiger partial charge in [0, 0.05) is 13.1 Å². The smallest absolute Gasteiger partial charge is 0.272 e. The number of fused-ring (bicyclic) bond motifs is 1. The fourth-order valence-corrected chi connectivity index (χ4v) is 4.36. The summed E-state index contributed by atoms with van der Waals surface area (Å²) < 4.78 is 12.7. The van der Waals surface area contributed by atoms with Crippen molar-refractivity contribution in [3.8, 4) is 11.5 Å². The summed E-state index contributed by atoms with van der Waals surface area (Å²) in [6.07, 6.45) is 0. The molecule has 2 heterocycles. The van der Waals surface area contributed by atoms with Crippen LogP contribution < -0.4 is 20.3 Å². The lowest BCUT2D eigenvalue weighted by Crippen LogP contribution is -2.26. The third-order valence-electron chi connectivity index (χ3n) is 4.12. The van der Waals surface area contributed by atoms with Crippen molar-refractivity contribution in [2.24, 2.45) is 0 Å². The first-order valence-electron chi connectivity index (χ1n) is 8.65. The fraction of sp³-hybridized carbons (Fsp3) is 0.316. The molecular weight excluding hydrogens is 398 g/mol. The number of thioether (sulfide) groups is 1. The van der Waals surface area contributed by atoms with Gasteiger partial charge in [-0.25, -0.2) is 4.98 Å². The third kappa shape index (κ3) is 4.31. The molecule has 0 radical (unpaired) electrons. The van der Waals surface area contributed by atoms with E-state index in [4.69, 9.17) is 9.47 Å². The van der Waals surface area contributed by atoms with Crippen molar-refractivity contribution in [2.75, 3.05) is 20.0 Å². The van der Waals surface area contributed by atoms with E-state index in [0.29, 0.717) is 40.0 Å². The second-order valence-corrected chi connectivity index (χ2v) is 7.69. The molecule has 0 aliphatic rings. The minimum Gasteiger partial charge on any atom is -0.493 e. The van der Waals surface area contributed by atoms with E-state index >= 15 is 0 Å². The Kier molecular flexibility index (Phi) is 6.58. The molecule has 9 heteroatoms. The maximum absolute atomic E-state index is 12.5. The highest BCUT2D eigenvalue weighted by Gasteiger charge is 2.13. The molecule has 0 aliphatic heterocycles. The van der Waals surface area contributed by atoms with Gasteiger partial charge in [-0.3, -0.25) is 14.2 Å². The van der Waals surface area contributed by atoms with Crippen molar-refractivity contribution >= 4 is 39.2 Å². The van der Waals surface area contributed by atoms with Crippen LogP contribution in [0.25, 0.3) is 10.2 Å². The van der Waals surface area contributed by atoms with Crippen molar-refractivity contribution in [3.63, 3.8) is 0 Å². The Morgan fingerprint density at radius 3 is 2.75 bits per heavy atom. The summed E-state index contributed by atoms with van der Waals surface area (Å²) in [7, 11) is 3.15. The van der Waals surface area contributed by atoms with E-state index in [1.165, 1.54) is 23.1 Å². The Bertz CT molecular complexity index is 1050. The van der Waals surface area contributed by atoms with Crippen LogP contribution in [0.3, 0.4) is 0 Å². The quantitative estimate of drug-likeness (QED) is 0.447. The van der Waals surface area contributed by atoms with Gasteiger partial charge >= 0.3 is 0 Å². The zero-order valence-electron chi connectivity index (χ0n) is 15.9. The summed E-state index contributed by atoms with van der Waals surface area (Å²) in [5.74, 6) is 1.29. The minimum atomic E-state index is -0.137. The van der Waals surface area contributed by atoms with Crippen LogP contribution in [-0.4, -0.2) is 35.4 Å². The molecule has 0 atom stereocenters. The zero-order valence-corrected chi connectivity index (χ0v) is 17.5. The number of methoxy groups -OCH3 is 2. The average molecular weight is 420 g/mol. The highest BCUT2D eigenvalue weighted by Crippen LogP contribution is 2.27. The number of aromatic nitrogens is 2. The standard InChI is InChI=1S/C19H21N3O4S2/c1-4-22-18(24)17-13(7-8-27-17)21-19(22)28-11-16(23)20-10-12-5-6-14(25-2)15(9-12)26-3/h5-9H,4,10-11H2,1-3H3,(H,20,23). The molecule has 1 aromatic carbocycles. The molecule has 148 valence electrons. The first kappa shape index (κ1) is 20.2. The Balaban J connectivity index is 1.63. The molecule has 28 heavy (non-hydrogen) atoms. The second kappa shape index (κ2) is 9.11. The van der Waals surface area contributed by atoms with E-state index in [2.05, 4.69) is 10.3 Å². The van der Waals surface area contributed by atoms with Gasteiger partial charge in [0.25, 0.3) is 5.56 Å². The zero-order chi connectivity index (χ0) is 20.1. The number of hydrogen-bond donors (Lipinski definition) is 1. The molecule has 3 rings (SSSR count). The second-order valence-electron chi connectivity index (χ2n) is 5.83. The number of ether oxygens (including phenoxy) is 2. The Morgan fingerprint density at radius 2 is 2.04 bits per heavy atom. The van der Waals surface area contributed by atoms with Crippen LogP contribution in [0.2, 0.25) is 0 Å². The lowest BCUT2D eigenvalue weighted by molar-refractivity contribution is -0.118. The van der Waals surface area contributed by atoms with Gasteiger partial charge in [0.05, 0.1) is 25.5 Å². The van der Waals surface area contributed by atoms with Crippen LogP contribution in [0.5, 0.6) is 11.5 Å². The van der Waals surface area contributed by atoms with Crippen LogP contribution in [0.1, 0.15) is 12.5 Å². The number of carbonyl (C=O) groups excluding carboxylic acids is 1. The first-order valence-corrected chi connectivity index (χ1v) is 10.5. The van der Waals surface area contributed by atoms with Gasteiger partial charge in [0.15, 0.2) is 16.7 Å². The fourth-order valence-electron chi connectivity index (χ4n) is 2.68. The lowest BCUT2D eigenvalue weighted by Gasteiger charge is -2.11. The van der Waals surface area contributed by atoms with Crippen molar-refractivity contribution in [1.82, 2.24) is 14.9 Å². The third-order valence-corrected chi connectivity index (χ3v) is 5.99. The summed E-state index contributed by atoms with van der Waals surface area (Å²) >= 11 is 2.65. The summed E-state index contributed by atoms with van der Waals surface area (Å²) in [5, 5.41) is 5.28. The number of nitrogens with one attached hydrogen (secondary N) is 1. The van der Waals surface area contributed by atoms with E-state index in [1.54, 1.807) is 24.9 Å². The molecule has 1 amide bonds. The molecule has 0 saturated carbocycles. The molecule has 0 spiro atoms. The van der Waals surface area contributed by atoms with Gasteiger partial charge in [-0.05, 0) is 36.1 Å². The van der Waals surface area contributed by atoms with Crippen LogP contribution >= 0.6 is 23.1 Å². The molecule has 0 bridgehead atoms. The maximum Gasteiger partial charge on any atom is 0.272 e. The molecule has 0 saturated heterocycles. The number of benzene rings is 1. The monoisotopic (exact) mass is 419 g/mol. The van der Waals surface area contributed by atoms with E-state index in [1.807, 2.05) is 30.5 Å². The SMILES string of the molecule is CCn1c(SCC(=O)NCc2ccc(OC)c(OC)c2)nc2ccsc2c1=O. The van der Waals surface area contributed by atoms with Crippen LogP contribution in [0, 0.1) is 0 Å². The summed E-state index contributed by atoms with van der Waals surface area (Å²) in [5.41, 5.74) is 1.52. The molecule has 7 nitrogen and oxygen atoms in total. The Morgan fingerprint density at radius 1 is 1.25 bits per heavy atom. The number of rotatable bonds is 8. The highest BCUT2D eigenvalue weighted by molar-refractivity contribution is 7.99. The summed E-state index contributed by atoms with van der Waals surface area (Å²) in [6.45, 7) is 2.77. The normalized spacial score (nSPS) is 10.8. The van der Waals surface area contributed by atoms with E-state index in [9.17, 15) is 9.59 Å². The van der Waals surface area contributed by atoms with Crippen molar-refractivity contribution < 1.29 is 14.3 Å². The topological polar surface area (TPSA) is 82.5 Å². The molecular formula is C19H21N3O4S2. The van der Waals surface area contributed by atoms with E-state index < -0.39 is 0 Å². The minimum absolute atomic E-state index is 0.0595. The van der Waals surface area contributed by atoms with Crippen LogP contribution in [0.15, 0.2) is 39.6 Å². The molecule has 0 aliphatic carbocycles. The molecule has 1 N–H and O–H groups in total. The van der Waals surface area contributed by atoms with Crippen LogP contribution in [0.4, 0.5) is 0 Å². The van der Waals surface area contributed by atoms with Gasteiger partial charge in [-0.2, -0.15) is 0 Å². The highest BCUT2D eigenvalue weighted by atomic mass is 32.2. The molecule has 0 unspecified atom stereocenters. The van der Waals surface area contributed by atoms with Crippen molar-refractivity contribution in [1.29, 1.82) is 0 Å². The van der Waals surface area contributed by atoms with Crippen molar-refractivity contribution in [3.05, 3.63) is 45.6 Å². The predicted octanol–water partition coefficient (Wildman–Crippen LogP) is 2.90. The number of thiophene rings is 1. The average Bonchev–Trinajstić information content (AvgIpc) is 3.19. The van der Waals surface area contributed by atoms with Gasteiger partial charge in [0.2, 0.25) is 5.91 Å². The van der Waals surface area contributed by atoms with Gasteiger partial charge in [-0.15, -0.1) is 11.3 Å². The Labute approximate surface area is 170 Å². The molecule has 3 aromatic rings. The summed E-state index contributed by atoms with van der Waals surface area (Å²) in [4.78, 5) is 29.3. The largest absolute Gasteiger partial charge is 0.493 e. The number of amides is 1. The maximum atomic E-state index is 12.5. The predicted molar refractivity (Wildman–Crippen MR) is 112 cm³/mol. The number of nitrogens with zero attached hydrogens (tertiary/aromatic N) is 2. The van der Waals surface area contributed by atoms with Gasteiger partial charge < -0.3 is 14.8 Å². The van der Waals surface area contributed by atoms with Gasteiger partial charge in [-0.1, -0.05) is 17.8 Å². The van der Waals surface area contributed by atoms with Crippen molar-refractivity contribution in [2.45, 2.75) is 25.2 Å². The lowest BCUT2D eigenvalue weighted by atomic mass is 10.2. The van der Waals surface area contributed by atoms with Crippen LogP contribution in [-0.2, 0) is 17.9 Å². The summed E-state index contributed by atoms with van der Waals surface area (Å²) in [6, 6.07) is 7.32. The first-order chi connectivity index (χ1) is 13.6. The number of hydrogen-bond acceptors (Lipinski definition) is 7. The van der Waals surface area contributed by atoms with E-state index in [0.717, 1.165) is 5.56 Å². The molecule has 2 aromatic heterocycles. The van der Waals surface area contributed by atoms with Gasteiger partial charge in [0.1, 0.15) is 4.70 Å². The van der Waals surface area contributed by atoms with E-state index in [-0.39, 0.29) is 17.2 Å². The molecule has 0 fully saturated rings. The Hall–Kier alpha value is -2.52.